The first-order valence-corrected chi connectivity index (χ1v) is 4.20. The minimum absolute atomic E-state index is 0.102. The lowest BCUT2D eigenvalue weighted by Gasteiger charge is -2.04. The highest BCUT2D eigenvalue weighted by atomic mass is 16.6. The van der Waals surface area contributed by atoms with E-state index in [0.717, 1.165) is 5.56 Å². The molecule has 0 aliphatic carbocycles. The van der Waals surface area contributed by atoms with Gasteiger partial charge in [-0.1, -0.05) is 6.07 Å². The third kappa shape index (κ3) is 1.79. The molecule has 1 rings (SSSR count). The second kappa shape index (κ2) is 3.57. The van der Waals surface area contributed by atoms with E-state index in [1.165, 1.54) is 13.0 Å². The third-order valence-corrected chi connectivity index (χ3v) is 2.01. The number of nitro groups is 1. The molecule has 0 amide bonds. The first-order valence-electron chi connectivity index (χ1n) is 4.20. The highest BCUT2D eigenvalue weighted by Crippen LogP contribution is 2.24. The Balaban J connectivity index is 3.52. The van der Waals surface area contributed by atoms with Crippen LogP contribution in [0.4, 0.5) is 5.69 Å². The van der Waals surface area contributed by atoms with Crippen LogP contribution in [0, 0.1) is 24.0 Å². The van der Waals surface area contributed by atoms with Gasteiger partial charge in [0.1, 0.15) is 0 Å². The molecule has 0 aromatic heterocycles. The molecule has 1 aromatic rings. The summed E-state index contributed by atoms with van der Waals surface area (Å²) in [6.45, 7) is 4.81. The average molecular weight is 193 g/mol. The van der Waals surface area contributed by atoms with Crippen molar-refractivity contribution >= 4 is 11.5 Å². The molecule has 0 heterocycles. The van der Waals surface area contributed by atoms with E-state index in [2.05, 4.69) is 0 Å². The summed E-state index contributed by atoms with van der Waals surface area (Å²) in [5.74, 6) is -0.269. The molecule has 4 heteroatoms. The zero-order valence-electron chi connectivity index (χ0n) is 8.33. The Bertz CT molecular complexity index is 410. The van der Waals surface area contributed by atoms with Gasteiger partial charge in [0, 0.05) is 6.07 Å². The summed E-state index contributed by atoms with van der Waals surface area (Å²) in [5.41, 5.74) is 1.55. The van der Waals surface area contributed by atoms with Gasteiger partial charge in [-0.3, -0.25) is 14.9 Å². The highest BCUT2D eigenvalue weighted by molar-refractivity contribution is 5.99. The Labute approximate surface area is 81.7 Å². The molecule has 0 spiro atoms. The maximum absolute atomic E-state index is 11.2. The number of aryl methyl sites for hydroxylation is 2. The van der Waals surface area contributed by atoms with Gasteiger partial charge in [0.15, 0.2) is 5.78 Å². The lowest BCUT2D eigenvalue weighted by atomic mass is 10.0. The Kier molecular flexibility index (Phi) is 2.65. The molecule has 0 aliphatic rings. The van der Waals surface area contributed by atoms with Crippen molar-refractivity contribution in [3.05, 3.63) is 38.9 Å². The number of nitro benzene ring substituents is 1. The molecule has 0 aliphatic heterocycles. The molecule has 4 nitrogen and oxygen atoms in total. The fourth-order valence-electron chi connectivity index (χ4n) is 1.55. The lowest BCUT2D eigenvalue weighted by molar-refractivity contribution is -0.385. The van der Waals surface area contributed by atoms with Crippen molar-refractivity contribution in [2.75, 3.05) is 0 Å². The molecule has 0 fully saturated rings. The summed E-state index contributed by atoms with van der Waals surface area (Å²) in [6, 6.07) is 3.19. The SMILES string of the molecule is CC(=O)c1c(C)cc(C)cc1[N+](=O)[O-]. The van der Waals surface area contributed by atoms with Gasteiger partial charge >= 0.3 is 0 Å². The number of ketones is 1. The van der Waals surface area contributed by atoms with Crippen LogP contribution >= 0.6 is 0 Å². The lowest BCUT2D eigenvalue weighted by Crippen LogP contribution is -2.03. The molecule has 0 unspecified atom stereocenters. The minimum atomic E-state index is -0.517. The summed E-state index contributed by atoms with van der Waals surface area (Å²) < 4.78 is 0. The fraction of sp³-hybridized carbons (Fsp3) is 0.300. The van der Waals surface area contributed by atoms with Crippen molar-refractivity contribution in [3.8, 4) is 0 Å². The molecule has 0 radical (unpaired) electrons. The van der Waals surface area contributed by atoms with E-state index in [0.29, 0.717) is 5.56 Å². The van der Waals surface area contributed by atoms with Crippen LogP contribution in [0.1, 0.15) is 28.4 Å². The normalized spacial score (nSPS) is 9.93. The van der Waals surface area contributed by atoms with Gasteiger partial charge in [0.25, 0.3) is 5.69 Å². The van der Waals surface area contributed by atoms with E-state index in [1.54, 1.807) is 19.9 Å². The fourth-order valence-corrected chi connectivity index (χ4v) is 1.55. The van der Waals surface area contributed by atoms with Crippen LogP contribution in [0.25, 0.3) is 0 Å². The number of carbonyl (C=O) groups excluding carboxylic acids is 1. The van der Waals surface area contributed by atoms with Crippen molar-refractivity contribution in [2.24, 2.45) is 0 Å². The van der Waals surface area contributed by atoms with E-state index in [1.807, 2.05) is 0 Å². The number of Topliss-reactive ketones (excluding diaryl/α,β-unsaturated/α-hetero) is 1. The van der Waals surface area contributed by atoms with Gasteiger partial charge < -0.3 is 0 Å². The Morgan fingerprint density at radius 2 is 1.93 bits per heavy atom. The van der Waals surface area contributed by atoms with Gasteiger partial charge in [-0.15, -0.1) is 0 Å². The van der Waals surface area contributed by atoms with Crippen molar-refractivity contribution in [3.63, 3.8) is 0 Å². The van der Waals surface area contributed by atoms with Crippen molar-refractivity contribution in [2.45, 2.75) is 20.8 Å². The van der Waals surface area contributed by atoms with Crippen LogP contribution in [-0.4, -0.2) is 10.7 Å². The largest absolute Gasteiger partial charge is 0.294 e. The number of benzene rings is 1. The van der Waals surface area contributed by atoms with E-state index in [9.17, 15) is 14.9 Å². The van der Waals surface area contributed by atoms with Crippen molar-refractivity contribution < 1.29 is 9.72 Å². The number of hydrogen-bond acceptors (Lipinski definition) is 3. The second-order valence-corrected chi connectivity index (χ2v) is 3.29. The number of carbonyl (C=O) groups is 1. The molecule has 0 saturated heterocycles. The predicted octanol–water partition coefficient (Wildman–Crippen LogP) is 2.41. The molecule has 1 aromatic carbocycles. The van der Waals surface area contributed by atoms with Crippen LogP contribution < -0.4 is 0 Å². The summed E-state index contributed by atoms with van der Waals surface area (Å²) in [7, 11) is 0. The molecule has 0 N–H and O–H groups in total. The Hall–Kier alpha value is -1.71. The first kappa shape index (κ1) is 10.4. The van der Waals surface area contributed by atoms with Crippen LogP contribution in [0.15, 0.2) is 12.1 Å². The molecule has 0 atom stereocenters. The summed E-state index contributed by atoms with van der Waals surface area (Å²) in [6.07, 6.45) is 0. The predicted molar refractivity (Wildman–Crippen MR) is 52.6 cm³/mol. The van der Waals surface area contributed by atoms with Gasteiger partial charge in [-0.25, -0.2) is 0 Å². The van der Waals surface area contributed by atoms with E-state index in [-0.39, 0.29) is 17.0 Å². The van der Waals surface area contributed by atoms with E-state index < -0.39 is 4.92 Å². The van der Waals surface area contributed by atoms with Gasteiger partial charge in [-0.05, 0) is 31.9 Å². The van der Waals surface area contributed by atoms with Crippen LogP contribution in [0.3, 0.4) is 0 Å². The van der Waals surface area contributed by atoms with Crippen molar-refractivity contribution in [1.29, 1.82) is 0 Å². The maximum Gasteiger partial charge on any atom is 0.280 e. The number of rotatable bonds is 2. The van der Waals surface area contributed by atoms with Crippen LogP contribution in [-0.2, 0) is 0 Å². The molecule has 0 saturated carbocycles. The van der Waals surface area contributed by atoms with Gasteiger partial charge in [-0.2, -0.15) is 0 Å². The van der Waals surface area contributed by atoms with E-state index >= 15 is 0 Å². The molecular weight excluding hydrogens is 182 g/mol. The first-order chi connectivity index (χ1) is 6.43. The minimum Gasteiger partial charge on any atom is -0.294 e. The van der Waals surface area contributed by atoms with Gasteiger partial charge in [0.05, 0.1) is 10.5 Å². The maximum atomic E-state index is 11.2. The summed E-state index contributed by atoms with van der Waals surface area (Å²) in [5, 5.41) is 10.7. The summed E-state index contributed by atoms with van der Waals surface area (Å²) in [4.78, 5) is 21.4. The Morgan fingerprint density at radius 3 is 2.36 bits per heavy atom. The van der Waals surface area contributed by atoms with Crippen LogP contribution in [0.5, 0.6) is 0 Å². The molecule has 14 heavy (non-hydrogen) atoms. The monoisotopic (exact) mass is 193 g/mol. The average Bonchev–Trinajstić information content (AvgIpc) is 2.01. The quantitative estimate of drug-likeness (QED) is 0.411. The Morgan fingerprint density at radius 1 is 1.36 bits per heavy atom. The van der Waals surface area contributed by atoms with Crippen LogP contribution in [0.2, 0.25) is 0 Å². The highest BCUT2D eigenvalue weighted by Gasteiger charge is 2.19. The van der Waals surface area contributed by atoms with Crippen molar-refractivity contribution in [1.82, 2.24) is 0 Å². The zero-order valence-corrected chi connectivity index (χ0v) is 8.33. The summed E-state index contributed by atoms with van der Waals surface area (Å²) >= 11 is 0. The topological polar surface area (TPSA) is 60.2 Å². The molecule has 74 valence electrons. The number of nitrogens with zero attached hydrogens (tertiary/aromatic N) is 1. The number of hydrogen-bond donors (Lipinski definition) is 0. The molecule has 0 bridgehead atoms. The van der Waals surface area contributed by atoms with Gasteiger partial charge in [0.2, 0.25) is 0 Å². The third-order valence-electron chi connectivity index (χ3n) is 2.01. The zero-order chi connectivity index (χ0) is 10.9. The van der Waals surface area contributed by atoms with E-state index in [4.69, 9.17) is 0 Å². The molecular formula is C10H11NO3. The standard InChI is InChI=1S/C10H11NO3/c1-6-4-7(2)10(8(3)12)9(5-6)11(13)14/h4-5H,1-3H3. The smallest absolute Gasteiger partial charge is 0.280 e. The second-order valence-electron chi connectivity index (χ2n) is 3.29.